The van der Waals surface area contributed by atoms with Crippen LogP contribution < -0.4 is 20.3 Å². The zero-order valence-corrected chi connectivity index (χ0v) is 25.0. The summed E-state index contributed by atoms with van der Waals surface area (Å²) in [6, 6.07) is 15.2. The highest BCUT2D eigenvalue weighted by Crippen LogP contribution is 2.34. The summed E-state index contributed by atoms with van der Waals surface area (Å²) in [6.07, 6.45) is -1.33. The molecular weight excluding hydrogens is 576 g/mol. The van der Waals surface area contributed by atoms with E-state index in [2.05, 4.69) is 15.5 Å². The number of amides is 2. The van der Waals surface area contributed by atoms with Crippen molar-refractivity contribution in [3.05, 3.63) is 76.4 Å². The van der Waals surface area contributed by atoms with Crippen molar-refractivity contribution in [2.45, 2.75) is 45.2 Å². The van der Waals surface area contributed by atoms with Crippen LogP contribution in [0.1, 0.15) is 59.5 Å². The first-order valence-corrected chi connectivity index (χ1v) is 15.1. The molecule has 2 fully saturated rings. The highest BCUT2D eigenvalue weighted by atomic mass is 35.5. The maximum absolute atomic E-state index is 13.8. The zero-order valence-electron chi connectivity index (χ0n) is 24.3. The Balaban J connectivity index is 1.46. The Labute approximate surface area is 255 Å². The number of anilines is 1. The largest absolute Gasteiger partial charge is 0.493 e. The topological polar surface area (TPSA) is 86.8 Å². The van der Waals surface area contributed by atoms with E-state index in [1.54, 1.807) is 4.90 Å². The van der Waals surface area contributed by atoms with Gasteiger partial charge in [0.25, 0.3) is 18.2 Å². The van der Waals surface area contributed by atoms with Gasteiger partial charge in [0.05, 0.1) is 18.0 Å². The fourth-order valence-electron chi connectivity index (χ4n) is 5.78. The van der Waals surface area contributed by atoms with Gasteiger partial charge in [-0.15, -0.1) is 0 Å². The van der Waals surface area contributed by atoms with Crippen LogP contribution >= 0.6 is 11.6 Å². The summed E-state index contributed by atoms with van der Waals surface area (Å²) in [6.45, 7) is 6.95. The van der Waals surface area contributed by atoms with Gasteiger partial charge in [-0.3, -0.25) is 9.59 Å². The number of aromatic nitrogens is 1. The van der Waals surface area contributed by atoms with Gasteiger partial charge in [0.1, 0.15) is 5.75 Å². The van der Waals surface area contributed by atoms with Gasteiger partial charge >= 0.3 is 0 Å². The molecule has 2 N–H and O–H groups in total. The summed E-state index contributed by atoms with van der Waals surface area (Å²) in [7, 11) is 0. The van der Waals surface area contributed by atoms with E-state index in [1.807, 2.05) is 50.2 Å². The maximum Gasteiger partial charge on any atom is 0.272 e. The predicted molar refractivity (Wildman–Crippen MR) is 163 cm³/mol. The van der Waals surface area contributed by atoms with Crippen LogP contribution in [0.4, 0.5) is 14.5 Å². The average Bonchev–Trinajstić information content (AvgIpc) is 3.53. The van der Waals surface area contributed by atoms with Crippen LogP contribution in [0.2, 0.25) is 5.02 Å². The summed E-state index contributed by atoms with van der Waals surface area (Å²) in [4.78, 5) is 35.8. The second-order valence-corrected chi connectivity index (χ2v) is 11.1. The number of benzene rings is 2. The Morgan fingerprint density at radius 3 is 2.67 bits per heavy atom. The van der Waals surface area contributed by atoms with Crippen LogP contribution in [-0.2, 0) is 0 Å². The van der Waals surface area contributed by atoms with Crippen LogP contribution in [-0.4, -0.2) is 73.1 Å². The highest BCUT2D eigenvalue weighted by Gasteiger charge is 2.34. The summed E-state index contributed by atoms with van der Waals surface area (Å²) in [5.41, 5.74) is 1.94. The highest BCUT2D eigenvalue weighted by molar-refractivity contribution is 6.30. The number of rotatable bonds is 9. The molecule has 2 aliphatic rings. The van der Waals surface area contributed by atoms with Crippen molar-refractivity contribution < 1.29 is 23.1 Å². The van der Waals surface area contributed by atoms with Crippen LogP contribution in [0.5, 0.6) is 5.75 Å². The number of hydrogen-bond donors (Lipinski definition) is 2. The summed E-state index contributed by atoms with van der Waals surface area (Å²) >= 11 is 5.94. The molecule has 2 aliphatic heterocycles. The van der Waals surface area contributed by atoms with E-state index < -0.39 is 12.3 Å². The van der Waals surface area contributed by atoms with Crippen molar-refractivity contribution in [1.82, 2.24) is 20.5 Å². The van der Waals surface area contributed by atoms with E-state index in [-0.39, 0.29) is 34.1 Å². The normalized spacial score (nSPS) is 18.7. The van der Waals surface area contributed by atoms with Crippen molar-refractivity contribution >= 4 is 29.1 Å². The Bertz CT molecular complexity index is 1470. The molecule has 5 rings (SSSR count). The summed E-state index contributed by atoms with van der Waals surface area (Å²) in [5, 5.41) is 6.55. The molecule has 228 valence electrons. The first-order chi connectivity index (χ1) is 20.8. The molecular formula is C32H36ClF2N5O3. The number of pyridine rings is 1. The molecule has 2 unspecified atom stereocenters. The van der Waals surface area contributed by atoms with Gasteiger partial charge in [-0.1, -0.05) is 30.7 Å². The standard InChI is InChI=1S/C32H36ClF2N5O3/c1-3-22-19-39(32(42)23-10-9-20(33)17-25(23)30(34)35)15-16-40(22)27-12-11-26(24-7-5-6-8-28(24)43-4-2)38-29(27)31(41)37-21-13-14-36-18-21/h5-12,17,21-22,30,36H,3-4,13-16,18-19H2,1-2H3,(H,37,41). The van der Waals surface area contributed by atoms with Crippen LogP contribution in [0.15, 0.2) is 54.6 Å². The first-order valence-electron chi connectivity index (χ1n) is 14.7. The number of hydrogen-bond acceptors (Lipinski definition) is 6. The molecule has 2 atom stereocenters. The Morgan fingerprint density at radius 2 is 1.95 bits per heavy atom. The van der Waals surface area contributed by atoms with Gasteiger partial charge in [0.15, 0.2) is 5.69 Å². The molecule has 11 heteroatoms. The maximum atomic E-state index is 13.8. The van der Waals surface area contributed by atoms with Gasteiger partial charge in [0.2, 0.25) is 0 Å². The number of halogens is 3. The molecule has 2 amide bonds. The number of carbonyl (C=O) groups is 2. The minimum atomic E-state index is -2.82. The molecule has 0 saturated carbocycles. The van der Waals surface area contributed by atoms with Crippen molar-refractivity contribution in [3.63, 3.8) is 0 Å². The molecule has 0 radical (unpaired) electrons. The van der Waals surface area contributed by atoms with Crippen LogP contribution in [0, 0.1) is 0 Å². The van der Waals surface area contributed by atoms with Crippen molar-refractivity contribution in [3.8, 4) is 17.0 Å². The van der Waals surface area contributed by atoms with Gasteiger partial charge in [0, 0.05) is 60.0 Å². The molecule has 0 aliphatic carbocycles. The third kappa shape index (κ3) is 6.75. The second-order valence-electron chi connectivity index (χ2n) is 10.7. The molecule has 3 aromatic rings. The lowest BCUT2D eigenvalue weighted by Gasteiger charge is -2.43. The number of alkyl halides is 2. The van der Waals surface area contributed by atoms with Crippen molar-refractivity contribution in [2.75, 3.05) is 44.2 Å². The van der Waals surface area contributed by atoms with E-state index in [4.69, 9.17) is 21.3 Å². The average molecular weight is 612 g/mol. The number of para-hydroxylation sites is 1. The molecule has 8 nitrogen and oxygen atoms in total. The quantitative estimate of drug-likeness (QED) is 0.329. The molecule has 2 saturated heterocycles. The van der Waals surface area contributed by atoms with Crippen LogP contribution in [0.3, 0.4) is 0 Å². The molecule has 3 heterocycles. The Morgan fingerprint density at radius 1 is 1.14 bits per heavy atom. The van der Waals surface area contributed by atoms with Crippen LogP contribution in [0.25, 0.3) is 11.3 Å². The van der Waals surface area contributed by atoms with Gasteiger partial charge in [-0.05, 0) is 68.8 Å². The molecule has 0 bridgehead atoms. The van der Waals surface area contributed by atoms with E-state index in [0.717, 1.165) is 24.6 Å². The molecule has 43 heavy (non-hydrogen) atoms. The monoisotopic (exact) mass is 611 g/mol. The molecule has 1 aromatic heterocycles. The van der Waals surface area contributed by atoms with Crippen molar-refractivity contribution in [1.29, 1.82) is 0 Å². The molecule has 0 spiro atoms. The number of nitrogens with zero attached hydrogens (tertiary/aromatic N) is 3. The number of ether oxygens (including phenoxy) is 1. The smallest absolute Gasteiger partial charge is 0.272 e. The minimum absolute atomic E-state index is 0.00126. The lowest BCUT2D eigenvalue weighted by atomic mass is 10.0. The van der Waals surface area contributed by atoms with E-state index in [1.165, 1.54) is 12.1 Å². The van der Waals surface area contributed by atoms with Crippen molar-refractivity contribution in [2.24, 2.45) is 0 Å². The molecule has 2 aromatic carbocycles. The fraction of sp³-hybridized carbons (Fsp3) is 0.406. The third-order valence-electron chi connectivity index (χ3n) is 7.98. The third-order valence-corrected chi connectivity index (χ3v) is 8.21. The number of carbonyl (C=O) groups excluding carboxylic acids is 2. The predicted octanol–water partition coefficient (Wildman–Crippen LogP) is 5.57. The summed E-state index contributed by atoms with van der Waals surface area (Å²) < 4.78 is 33.3. The van der Waals surface area contributed by atoms with E-state index >= 15 is 0 Å². The first kappa shape index (κ1) is 30.7. The fourth-order valence-corrected chi connectivity index (χ4v) is 5.96. The van der Waals surface area contributed by atoms with Gasteiger partial charge < -0.3 is 25.2 Å². The Hall–Kier alpha value is -3.76. The lowest BCUT2D eigenvalue weighted by molar-refractivity contribution is 0.0708. The van der Waals surface area contributed by atoms with Gasteiger partial charge in [-0.2, -0.15) is 0 Å². The van der Waals surface area contributed by atoms with E-state index in [0.29, 0.717) is 62.0 Å². The summed E-state index contributed by atoms with van der Waals surface area (Å²) in [5.74, 6) is -0.0474. The zero-order chi connectivity index (χ0) is 30.5. The number of piperazine rings is 1. The van der Waals surface area contributed by atoms with E-state index in [9.17, 15) is 18.4 Å². The number of nitrogens with one attached hydrogen (secondary N) is 2. The Kier molecular flexibility index (Phi) is 9.77. The SMILES string of the molecule is CCOc1ccccc1-c1ccc(N2CCN(C(=O)c3ccc(Cl)cc3C(F)F)CC2CC)c(C(=O)NC2CCNC2)n1. The lowest BCUT2D eigenvalue weighted by Crippen LogP contribution is -2.55. The second kappa shape index (κ2) is 13.7. The minimum Gasteiger partial charge on any atom is -0.493 e. The van der Waals surface area contributed by atoms with Gasteiger partial charge in [-0.25, -0.2) is 13.8 Å².